The zero-order valence-corrected chi connectivity index (χ0v) is 12.6. The first kappa shape index (κ1) is 14.9. The van der Waals surface area contributed by atoms with E-state index in [1.54, 1.807) is 6.07 Å². The van der Waals surface area contributed by atoms with Gasteiger partial charge in [0.15, 0.2) is 0 Å². The van der Waals surface area contributed by atoms with Gasteiger partial charge < -0.3 is 5.32 Å². The first-order valence-electron chi connectivity index (χ1n) is 6.62. The van der Waals surface area contributed by atoms with Gasteiger partial charge >= 0.3 is 0 Å². The van der Waals surface area contributed by atoms with Crippen LogP contribution in [-0.2, 0) is 10.8 Å². The van der Waals surface area contributed by atoms with Gasteiger partial charge in [0.25, 0.3) is 0 Å². The summed E-state index contributed by atoms with van der Waals surface area (Å²) in [6, 6.07) is 4.55. The van der Waals surface area contributed by atoms with Gasteiger partial charge in [0, 0.05) is 16.7 Å². The summed E-state index contributed by atoms with van der Waals surface area (Å²) in [6.45, 7) is 0. The molecule has 1 N–H and O–H groups in total. The topological polar surface area (TPSA) is 29.1 Å². The Bertz CT molecular complexity index is 463. The SMILES string of the molecule is CNC(CS(=O)c1ccc(F)c(Cl)c1)C1CCCC1. The summed E-state index contributed by atoms with van der Waals surface area (Å²) in [5.41, 5.74) is 0. The van der Waals surface area contributed by atoms with Gasteiger partial charge in [-0.25, -0.2) is 4.39 Å². The molecule has 0 aromatic heterocycles. The maximum Gasteiger partial charge on any atom is 0.141 e. The zero-order chi connectivity index (χ0) is 13.8. The van der Waals surface area contributed by atoms with E-state index >= 15 is 0 Å². The van der Waals surface area contributed by atoms with E-state index in [0.29, 0.717) is 16.6 Å². The molecule has 1 aromatic rings. The molecule has 0 radical (unpaired) electrons. The van der Waals surface area contributed by atoms with E-state index in [4.69, 9.17) is 11.6 Å². The van der Waals surface area contributed by atoms with Gasteiger partial charge in [-0.2, -0.15) is 0 Å². The van der Waals surface area contributed by atoms with Crippen LogP contribution < -0.4 is 5.32 Å². The number of hydrogen-bond donors (Lipinski definition) is 1. The molecule has 1 aliphatic rings. The van der Waals surface area contributed by atoms with Crippen LogP contribution in [0, 0.1) is 11.7 Å². The quantitative estimate of drug-likeness (QED) is 0.903. The minimum Gasteiger partial charge on any atom is -0.316 e. The van der Waals surface area contributed by atoms with E-state index in [2.05, 4.69) is 5.32 Å². The molecule has 0 saturated heterocycles. The summed E-state index contributed by atoms with van der Waals surface area (Å²) in [5.74, 6) is 0.691. The highest BCUT2D eigenvalue weighted by Gasteiger charge is 2.25. The van der Waals surface area contributed by atoms with Crippen LogP contribution in [0.4, 0.5) is 4.39 Å². The van der Waals surface area contributed by atoms with Gasteiger partial charge in [-0.1, -0.05) is 24.4 Å². The van der Waals surface area contributed by atoms with Crippen molar-refractivity contribution in [2.45, 2.75) is 36.6 Å². The summed E-state index contributed by atoms with van der Waals surface area (Å²) < 4.78 is 25.4. The molecule has 1 saturated carbocycles. The predicted octanol–water partition coefficient (Wildman–Crippen LogP) is 3.36. The third-order valence-corrected chi connectivity index (χ3v) is 5.56. The molecule has 0 spiro atoms. The third kappa shape index (κ3) is 3.77. The molecule has 1 aromatic carbocycles. The number of hydrogen-bond acceptors (Lipinski definition) is 2. The predicted molar refractivity (Wildman–Crippen MR) is 77.5 cm³/mol. The largest absolute Gasteiger partial charge is 0.316 e. The molecule has 1 aliphatic carbocycles. The standard InChI is InChI=1S/C14H19ClFNOS/c1-17-14(10-4-2-3-5-10)9-19(18)11-6-7-13(16)12(15)8-11/h6-8,10,14,17H,2-5,9H2,1H3. The smallest absolute Gasteiger partial charge is 0.141 e. The molecule has 2 rings (SSSR count). The van der Waals surface area contributed by atoms with E-state index in [0.717, 1.165) is 0 Å². The summed E-state index contributed by atoms with van der Waals surface area (Å²) in [7, 11) is 0.773. The fraction of sp³-hybridized carbons (Fsp3) is 0.571. The minimum atomic E-state index is -1.14. The summed E-state index contributed by atoms with van der Waals surface area (Å²) in [6.07, 6.45) is 4.93. The van der Waals surface area contributed by atoms with Crippen LogP contribution in [0.15, 0.2) is 23.1 Å². The number of rotatable bonds is 5. The van der Waals surface area contributed by atoms with Gasteiger partial charge in [0.2, 0.25) is 0 Å². The Balaban J connectivity index is 2.04. The van der Waals surface area contributed by atoms with Gasteiger partial charge in [-0.05, 0) is 44.0 Å². The molecule has 5 heteroatoms. The monoisotopic (exact) mass is 303 g/mol. The van der Waals surface area contributed by atoms with Crippen LogP contribution in [0.2, 0.25) is 5.02 Å². The number of nitrogens with one attached hydrogen (secondary N) is 1. The molecular formula is C14H19ClFNOS. The first-order valence-corrected chi connectivity index (χ1v) is 8.32. The molecule has 2 atom stereocenters. The van der Waals surface area contributed by atoms with Gasteiger partial charge in [0.05, 0.1) is 15.8 Å². The maximum absolute atomic E-state index is 13.1. The van der Waals surface area contributed by atoms with Crippen molar-refractivity contribution in [2.24, 2.45) is 5.92 Å². The van der Waals surface area contributed by atoms with Crippen LogP contribution in [-0.4, -0.2) is 23.1 Å². The summed E-state index contributed by atoms with van der Waals surface area (Å²) in [5, 5.41) is 3.31. The molecule has 106 valence electrons. The minimum absolute atomic E-state index is 0.0349. The zero-order valence-electron chi connectivity index (χ0n) is 11.0. The van der Waals surface area contributed by atoms with Crippen LogP contribution in [0.25, 0.3) is 0 Å². The Hall–Kier alpha value is -0.450. The fourth-order valence-corrected chi connectivity index (χ4v) is 4.36. The molecule has 0 amide bonds. The molecule has 2 unspecified atom stereocenters. The average Bonchev–Trinajstić information content (AvgIpc) is 2.92. The molecule has 2 nitrogen and oxygen atoms in total. The Morgan fingerprint density at radius 3 is 2.74 bits per heavy atom. The second-order valence-electron chi connectivity index (χ2n) is 5.03. The van der Waals surface area contributed by atoms with Crippen molar-refractivity contribution in [2.75, 3.05) is 12.8 Å². The highest BCUT2D eigenvalue weighted by molar-refractivity contribution is 7.85. The van der Waals surface area contributed by atoms with Gasteiger partial charge in [-0.15, -0.1) is 0 Å². The molecule has 19 heavy (non-hydrogen) atoms. The van der Waals surface area contributed by atoms with E-state index < -0.39 is 16.6 Å². The van der Waals surface area contributed by atoms with Crippen molar-refractivity contribution in [1.82, 2.24) is 5.32 Å². The second-order valence-corrected chi connectivity index (χ2v) is 6.93. The van der Waals surface area contributed by atoms with Crippen LogP contribution >= 0.6 is 11.6 Å². The Kier molecular flexibility index (Phi) is 5.37. The Labute approximate surface area is 121 Å². The average molecular weight is 304 g/mol. The van der Waals surface area contributed by atoms with Crippen molar-refractivity contribution >= 4 is 22.4 Å². The van der Waals surface area contributed by atoms with Crippen LogP contribution in [0.3, 0.4) is 0 Å². The Morgan fingerprint density at radius 1 is 1.47 bits per heavy atom. The molecule has 0 aliphatic heterocycles. The summed E-state index contributed by atoms with van der Waals surface area (Å²) in [4.78, 5) is 0.602. The lowest BCUT2D eigenvalue weighted by molar-refractivity contribution is 0.408. The van der Waals surface area contributed by atoms with Gasteiger partial charge in [-0.3, -0.25) is 4.21 Å². The molecule has 0 bridgehead atoms. The lowest BCUT2D eigenvalue weighted by Crippen LogP contribution is -2.37. The lowest BCUT2D eigenvalue weighted by Gasteiger charge is -2.22. The molecule has 1 fully saturated rings. The van der Waals surface area contributed by atoms with Crippen molar-refractivity contribution in [3.05, 3.63) is 29.0 Å². The normalized spacial score (nSPS) is 19.5. The van der Waals surface area contributed by atoms with E-state index in [1.165, 1.54) is 37.8 Å². The van der Waals surface area contributed by atoms with E-state index in [9.17, 15) is 8.60 Å². The van der Waals surface area contributed by atoms with Crippen LogP contribution in [0.5, 0.6) is 0 Å². The van der Waals surface area contributed by atoms with Crippen molar-refractivity contribution in [3.63, 3.8) is 0 Å². The van der Waals surface area contributed by atoms with Gasteiger partial charge in [0.1, 0.15) is 5.82 Å². The number of benzene rings is 1. The highest BCUT2D eigenvalue weighted by Crippen LogP contribution is 2.29. The number of halogens is 2. The van der Waals surface area contributed by atoms with Crippen molar-refractivity contribution in [3.8, 4) is 0 Å². The fourth-order valence-electron chi connectivity index (χ4n) is 2.69. The van der Waals surface area contributed by atoms with Crippen LogP contribution in [0.1, 0.15) is 25.7 Å². The molecular weight excluding hydrogens is 285 g/mol. The first-order chi connectivity index (χ1) is 9.11. The van der Waals surface area contributed by atoms with E-state index in [1.807, 2.05) is 7.05 Å². The van der Waals surface area contributed by atoms with Crippen molar-refractivity contribution < 1.29 is 8.60 Å². The highest BCUT2D eigenvalue weighted by atomic mass is 35.5. The Morgan fingerprint density at radius 2 is 2.16 bits per heavy atom. The second kappa shape index (κ2) is 6.82. The lowest BCUT2D eigenvalue weighted by atomic mass is 10.0. The van der Waals surface area contributed by atoms with Crippen molar-refractivity contribution in [1.29, 1.82) is 0 Å². The molecule has 0 heterocycles. The maximum atomic E-state index is 13.1. The third-order valence-electron chi connectivity index (χ3n) is 3.82. The van der Waals surface area contributed by atoms with E-state index in [-0.39, 0.29) is 11.1 Å². The summed E-state index contributed by atoms with van der Waals surface area (Å²) >= 11 is 5.73.